The Morgan fingerprint density at radius 1 is 1.43 bits per heavy atom. The Kier molecular flexibility index (Phi) is 2.31. The third-order valence-electron chi connectivity index (χ3n) is 2.24. The maximum absolute atomic E-state index is 12.0. The molecule has 2 rings (SSSR count). The van der Waals surface area contributed by atoms with Gasteiger partial charge in [-0.1, -0.05) is 0 Å². The summed E-state index contributed by atoms with van der Waals surface area (Å²) in [7, 11) is 0. The molecule has 1 aromatic rings. The summed E-state index contributed by atoms with van der Waals surface area (Å²) in [6.07, 6.45) is 3.43. The number of hydrogen-bond donors (Lipinski definition) is 0. The number of ether oxygens (including phenoxy) is 1. The third-order valence-corrected chi connectivity index (χ3v) is 2.24. The van der Waals surface area contributed by atoms with Crippen LogP contribution in [-0.4, -0.2) is 16.6 Å². The topological polar surface area (TPSA) is 35.0 Å². The van der Waals surface area contributed by atoms with E-state index in [9.17, 15) is 8.78 Å². The third kappa shape index (κ3) is 1.81. The molecule has 5 heteroatoms. The molecule has 1 saturated carbocycles. The second-order valence-electron chi connectivity index (χ2n) is 3.34. The van der Waals surface area contributed by atoms with E-state index in [1.165, 1.54) is 6.33 Å². The summed E-state index contributed by atoms with van der Waals surface area (Å²) in [5.41, 5.74) is 1.48. The molecule has 76 valence electrons. The van der Waals surface area contributed by atoms with E-state index < -0.39 is 6.61 Å². The smallest absolute Gasteiger partial charge is 0.388 e. The zero-order valence-electron chi connectivity index (χ0n) is 7.70. The van der Waals surface area contributed by atoms with Gasteiger partial charge in [-0.05, 0) is 19.8 Å². The molecule has 1 aromatic heterocycles. The van der Waals surface area contributed by atoms with Gasteiger partial charge in [0.25, 0.3) is 0 Å². The molecule has 1 fully saturated rings. The lowest BCUT2D eigenvalue weighted by molar-refractivity contribution is -0.0534. The average molecular weight is 200 g/mol. The predicted molar refractivity (Wildman–Crippen MR) is 45.4 cm³/mol. The second kappa shape index (κ2) is 3.48. The summed E-state index contributed by atoms with van der Waals surface area (Å²) >= 11 is 0. The van der Waals surface area contributed by atoms with Crippen LogP contribution in [-0.2, 0) is 0 Å². The Hall–Kier alpha value is -1.26. The number of alkyl halides is 2. The summed E-state index contributed by atoms with van der Waals surface area (Å²) in [6.45, 7) is -1.11. The van der Waals surface area contributed by atoms with Crippen LogP contribution in [0.3, 0.4) is 0 Å². The van der Waals surface area contributed by atoms with Crippen LogP contribution >= 0.6 is 0 Å². The minimum absolute atomic E-state index is 0.00287. The van der Waals surface area contributed by atoms with Crippen molar-refractivity contribution in [3.8, 4) is 5.88 Å². The first-order valence-electron chi connectivity index (χ1n) is 4.45. The Labute approximate surface area is 80.1 Å². The number of rotatable bonds is 3. The van der Waals surface area contributed by atoms with E-state index in [2.05, 4.69) is 14.7 Å². The summed E-state index contributed by atoms with van der Waals surface area (Å²) in [4.78, 5) is 7.75. The van der Waals surface area contributed by atoms with Crippen LogP contribution in [0.25, 0.3) is 0 Å². The quantitative estimate of drug-likeness (QED) is 0.750. The van der Waals surface area contributed by atoms with Crippen LogP contribution in [0.15, 0.2) is 6.33 Å². The molecule has 0 atom stereocenters. The molecule has 0 spiro atoms. The molecule has 0 amide bonds. The monoisotopic (exact) mass is 200 g/mol. The van der Waals surface area contributed by atoms with Crippen LogP contribution in [0.2, 0.25) is 0 Å². The molecule has 0 saturated heterocycles. The molecule has 0 N–H and O–H groups in total. The average Bonchev–Trinajstić information content (AvgIpc) is 2.91. The molecular formula is C9H10F2N2O. The molecule has 0 bridgehead atoms. The largest absolute Gasteiger partial charge is 0.417 e. The van der Waals surface area contributed by atoms with E-state index >= 15 is 0 Å². The van der Waals surface area contributed by atoms with E-state index in [4.69, 9.17) is 0 Å². The lowest BCUT2D eigenvalue weighted by Crippen LogP contribution is -2.07. The first-order valence-corrected chi connectivity index (χ1v) is 4.45. The summed E-state index contributed by atoms with van der Waals surface area (Å²) < 4.78 is 28.2. The molecule has 1 aliphatic carbocycles. The van der Waals surface area contributed by atoms with E-state index in [1.54, 1.807) is 6.92 Å². The number of nitrogens with zero attached hydrogens (tertiary/aromatic N) is 2. The predicted octanol–water partition coefficient (Wildman–Crippen LogP) is 2.26. The standard InChI is InChI=1S/C9H10F2N2O/c1-5-7(6-2-3-6)12-4-13-8(5)14-9(10)11/h4,6,9H,2-3H2,1H3. The van der Waals surface area contributed by atoms with E-state index in [0.29, 0.717) is 11.5 Å². The minimum Gasteiger partial charge on any atom is -0.417 e. The molecule has 0 unspecified atom stereocenters. The highest BCUT2D eigenvalue weighted by Gasteiger charge is 2.28. The van der Waals surface area contributed by atoms with Crippen molar-refractivity contribution in [1.82, 2.24) is 9.97 Å². The first kappa shape index (κ1) is 9.30. The number of aromatic nitrogens is 2. The zero-order chi connectivity index (χ0) is 10.1. The van der Waals surface area contributed by atoms with Gasteiger partial charge in [-0.15, -0.1) is 0 Å². The van der Waals surface area contributed by atoms with Crippen molar-refractivity contribution >= 4 is 0 Å². The van der Waals surface area contributed by atoms with Crippen molar-refractivity contribution in [2.24, 2.45) is 0 Å². The fourth-order valence-electron chi connectivity index (χ4n) is 1.42. The first-order chi connectivity index (χ1) is 6.68. The van der Waals surface area contributed by atoms with E-state index in [-0.39, 0.29) is 5.88 Å². The van der Waals surface area contributed by atoms with Gasteiger partial charge in [0, 0.05) is 11.5 Å². The molecule has 1 aliphatic rings. The van der Waals surface area contributed by atoms with Crippen LogP contribution < -0.4 is 4.74 Å². The maximum Gasteiger partial charge on any atom is 0.388 e. The molecule has 1 heterocycles. The van der Waals surface area contributed by atoms with Gasteiger partial charge in [0.1, 0.15) is 6.33 Å². The summed E-state index contributed by atoms with van der Waals surface area (Å²) in [5.74, 6) is 0.412. The highest BCUT2D eigenvalue weighted by atomic mass is 19.3. The fraction of sp³-hybridized carbons (Fsp3) is 0.556. The van der Waals surface area contributed by atoms with Crippen LogP contribution in [0.4, 0.5) is 8.78 Å². The lowest BCUT2D eigenvalue weighted by Gasteiger charge is -2.08. The maximum atomic E-state index is 12.0. The van der Waals surface area contributed by atoms with Crippen molar-refractivity contribution < 1.29 is 13.5 Å². The van der Waals surface area contributed by atoms with Crippen molar-refractivity contribution in [2.75, 3.05) is 0 Å². The molecule has 3 nitrogen and oxygen atoms in total. The molecular weight excluding hydrogens is 190 g/mol. The van der Waals surface area contributed by atoms with Crippen molar-refractivity contribution in [1.29, 1.82) is 0 Å². The lowest BCUT2D eigenvalue weighted by atomic mass is 10.2. The summed E-state index contributed by atoms with van der Waals surface area (Å²) in [6, 6.07) is 0. The SMILES string of the molecule is Cc1c(OC(F)F)ncnc1C1CC1. The molecule has 0 aromatic carbocycles. The Morgan fingerprint density at radius 2 is 2.14 bits per heavy atom. The van der Waals surface area contributed by atoms with Gasteiger partial charge in [-0.25, -0.2) is 9.97 Å². The van der Waals surface area contributed by atoms with Gasteiger partial charge in [-0.3, -0.25) is 0 Å². The Morgan fingerprint density at radius 3 is 2.71 bits per heavy atom. The molecule has 14 heavy (non-hydrogen) atoms. The van der Waals surface area contributed by atoms with Crippen LogP contribution in [0.5, 0.6) is 5.88 Å². The Bertz CT molecular complexity index is 340. The Balaban J connectivity index is 2.26. The van der Waals surface area contributed by atoms with E-state index in [0.717, 1.165) is 18.5 Å². The van der Waals surface area contributed by atoms with Crippen LogP contribution in [0.1, 0.15) is 30.0 Å². The highest BCUT2D eigenvalue weighted by molar-refractivity contribution is 5.32. The molecule has 0 aliphatic heterocycles. The number of halogens is 2. The normalized spacial score (nSPS) is 16.0. The van der Waals surface area contributed by atoms with Gasteiger partial charge in [-0.2, -0.15) is 8.78 Å². The van der Waals surface area contributed by atoms with Crippen molar-refractivity contribution in [3.05, 3.63) is 17.6 Å². The number of hydrogen-bond acceptors (Lipinski definition) is 3. The van der Waals surface area contributed by atoms with E-state index in [1.807, 2.05) is 0 Å². The van der Waals surface area contributed by atoms with Gasteiger partial charge in [0.05, 0.1) is 5.69 Å². The highest BCUT2D eigenvalue weighted by Crippen LogP contribution is 2.41. The fourth-order valence-corrected chi connectivity index (χ4v) is 1.42. The van der Waals surface area contributed by atoms with Gasteiger partial charge >= 0.3 is 6.61 Å². The summed E-state index contributed by atoms with van der Waals surface area (Å²) in [5, 5.41) is 0. The zero-order valence-corrected chi connectivity index (χ0v) is 7.70. The molecule has 0 radical (unpaired) electrons. The van der Waals surface area contributed by atoms with Gasteiger partial charge in [0.15, 0.2) is 0 Å². The van der Waals surface area contributed by atoms with Crippen LogP contribution in [0, 0.1) is 6.92 Å². The minimum atomic E-state index is -2.82. The second-order valence-corrected chi connectivity index (χ2v) is 3.34. The van der Waals surface area contributed by atoms with Gasteiger partial charge in [0.2, 0.25) is 5.88 Å². The van der Waals surface area contributed by atoms with Crippen molar-refractivity contribution in [3.63, 3.8) is 0 Å². The van der Waals surface area contributed by atoms with Gasteiger partial charge < -0.3 is 4.74 Å². The van der Waals surface area contributed by atoms with Crippen molar-refractivity contribution in [2.45, 2.75) is 32.3 Å².